The van der Waals surface area contributed by atoms with Crippen molar-refractivity contribution in [2.24, 2.45) is 0 Å². The van der Waals surface area contributed by atoms with Crippen LogP contribution in [0.2, 0.25) is 0 Å². The molecule has 0 saturated heterocycles. The highest BCUT2D eigenvalue weighted by atomic mass is 32.2. The molecule has 0 saturated carbocycles. The summed E-state index contributed by atoms with van der Waals surface area (Å²) >= 11 is 2.91. The average molecular weight is 292 g/mol. The fraction of sp³-hybridized carbons (Fsp3) is 0.167. The summed E-state index contributed by atoms with van der Waals surface area (Å²) in [4.78, 5) is 17.7. The molecule has 3 heterocycles. The Hall–Kier alpha value is -1.57. The molecule has 7 heteroatoms. The van der Waals surface area contributed by atoms with Gasteiger partial charge in [0.2, 0.25) is 0 Å². The van der Waals surface area contributed by atoms with Crippen LogP contribution in [0.4, 0.5) is 5.00 Å². The van der Waals surface area contributed by atoms with Crippen molar-refractivity contribution in [1.82, 2.24) is 15.0 Å². The van der Waals surface area contributed by atoms with Gasteiger partial charge >= 0.3 is 0 Å². The van der Waals surface area contributed by atoms with Crippen LogP contribution in [0.1, 0.15) is 17.3 Å². The predicted molar refractivity (Wildman–Crippen MR) is 79.8 cm³/mol. The summed E-state index contributed by atoms with van der Waals surface area (Å²) in [5, 5.41) is 3.41. The van der Waals surface area contributed by atoms with E-state index >= 15 is 0 Å². The number of nitrogens with two attached hydrogens (primary N) is 1. The van der Waals surface area contributed by atoms with E-state index in [4.69, 9.17) is 5.73 Å². The zero-order valence-corrected chi connectivity index (χ0v) is 11.8. The fourth-order valence-corrected chi connectivity index (χ4v) is 3.51. The number of amides is 1. The van der Waals surface area contributed by atoms with Crippen molar-refractivity contribution in [1.29, 1.82) is 0 Å². The number of anilines is 1. The first-order chi connectivity index (χ1) is 9.16. The fourth-order valence-electron chi connectivity index (χ4n) is 1.90. The van der Waals surface area contributed by atoms with E-state index in [1.54, 1.807) is 6.20 Å². The third-order valence-corrected chi connectivity index (χ3v) is 4.68. The number of aromatic nitrogens is 1. The van der Waals surface area contributed by atoms with Gasteiger partial charge in [-0.1, -0.05) is 0 Å². The summed E-state index contributed by atoms with van der Waals surface area (Å²) < 4.78 is 4.03. The molecule has 4 N–H and O–H groups in total. The van der Waals surface area contributed by atoms with Gasteiger partial charge in [-0.25, -0.2) is 0 Å². The molecule has 0 radical (unpaired) electrons. The van der Waals surface area contributed by atoms with Crippen molar-refractivity contribution in [3.63, 3.8) is 0 Å². The van der Waals surface area contributed by atoms with Crippen LogP contribution in [0.5, 0.6) is 0 Å². The highest BCUT2D eigenvalue weighted by molar-refractivity contribution is 8.01. The Labute approximate surface area is 118 Å². The maximum absolute atomic E-state index is 12.3. The molecule has 3 rings (SSSR count). The molecule has 2 aromatic heterocycles. The lowest BCUT2D eigenvalue weighted by Gasteiger charge is -2.06. The summed E-state index contributed by atoms with van der Waals surface area (Å²) in [7, 11) is 0. The van der Waals surface area contributed by atoms with Gasteiger partial charge in [0.1, 0.15) is 10.6 Å². The van der Waals surface area contributed by atoms with Crippen LogP contribution in [-0.2, 0) is 0 Å². The molecule has 0 aromatic carbocycles. The van der Waals surface area contributed by atoms with E-state index in [0.29, 0.717) is 22.6 Å². The molecule has 0 spiro atoms. The van der Waals surface area contributed by atoms with Crippen LogP contribution >= 0.6 is 23.3 Å². The summed E-state index contributed by atoms with van der Waals surface area (Å²) in [5.74, 6) is -0.193. The number of rotatable bonds is 2. The van der Waals surface area contributed by atoms with E-state index < -0.39 is 0 Å². The van der Waals surface area contributed by atoms with Crippen molar-refractivity contribution in [3.05, 3.63) is 34.5 Å². The maximum Gasteiger partial charge on any atom is 0.260 e. The lowest BCUT2D eigenvalue weighted by molar-refractivity contribution is 0.0968. The normalized spacial score (nSPS) is 15.2. The number of carbonyl (C=O) groups excluding carboxylic acids is 1. The largest absolute Gasteiger partial charge is 0.390 e. The molecule has 19 heavy (non-hydrogen) atoms. The predicted octanol–water partition coefficient (Wildman–Crippen LogP) is 2.09. The molecule has 0 aliphatic carbocycles. The monoisotopic (exact) mass is 292 g/mol. The molecule has 1 aliphatic rings. The second-order valence-electron chi connectivity index (χ2n) is 4.10. The van der Waals surface area contributed by atoms with Crippen molar-refractivity contribution in [2.75, 3.05) is 12.3 Å². The Morgan fingerprint density at radius 3 is 3.16 bits per heavy atom. The van der Waals surface area contributed by atoms with Gasteiger partial charge in [-0.15, -0.1) is 11.3 Å². The molecule has 2 aromatic rings. The van der Waals surface area contributed by atoms with Crippen LogP contribution in [0.3, 0.4) is 0 Å². The third-order valence-electron chi connectivity index (χ3n) is 2.86. The molecule has 1 amide bonds. The summed E-state index contributed by atoms with van der Waals surface area (Å²) in [6.07, 6.45) is 1.67. The molecule has 0 fully saturated rings. The zero-order valence-electron chi connectivity index (χ0n) is 10.2. The molecular formula is C12H12N4OS2. The minimum absolute atomic E-state index is 0.193. The minimum Gasteiger partial charge on any atom is -0.390 e. The molecule has 1 aliphatic heterocycles. The number of hydrogen-bond acceptors (Lipinski definition) is 6. The smallest absolute Gasteiger partial charge is 0.260 e. The second-order valence-corrected chi connectivity index (χ2v) is 6.29. The average Bonchev–Trinajstić information content (AvgIpc) is 2.92. The van der Waals surface area contributed by atoms with Gasteiger partial charge in [-0.05, 0) is 31.0 Å². The van der Waals surface area contributed by atoms with Crippen molar-refractivity contribution in [3.8, 4) is 0 Å². The van der Waals surface area contributed by atoms with E-state index in [1.807, 2.05) is 19.1 Å². The molecule has 0 bridgehead atoms. The van der Waals surface area contributed by atoms with E-state index in [1.165, 1.54) is 23.3 Å². The topological polar surface area (TPSA) is 80.0 Å². The van der Waals surface area contributed by atoms with E-state index in [0.717, 1.165) is 15.3 Å². The van der Waals surface area contributed by atoms with E-state index in [9.17, 15) is 4.79 Å². The van der Waals surface area contributed by atoms with Crippen molar-refractivity contribution < 1.29 is 4.79 Å². The standard InChI is InChI=1S/C12H12N4OS2/c1-6-7(5-15-19-6)16-12(17)9-10-8(18-11(9)13)3-2-4-14-10/h2-4,15H,5,13H2,1H3,(H,16,17). The Balaban J connectivity index is 1.98. The van der Waals surface area contributed by atoms with Crippen LogP contribution in [0.15, 0.2) is 28.9 Å². The Morgan fingerprint density at radius 2 is 2.42 bits per heavy atom. The number of nitrogens with one attached hydrogen (secondary N) is 2. The number of pyridine rings is 1. The summed E-state index contributed by atoms with van der Waals surface area (Å²) in [6.45, 7) is 2.62. The highest BCUT2D eigenvalue weighted by Crippen LogP contribution is 2.32. The Morgan fingerprint density at radius 1 is 1.58 bits per heavy atom. The second kappa shape index (κ2) is 4.84. The molecule has 0 unspecified atom stereocenters. The van der Waals surface area contributed by atoms with Gasteiger partial charge in [0.05, 0.1) is 10.2 Å². The SMILES string of the molecule is CC1=C(NC(=O)c2c(N)sc3cccnc23)CNS1. The molecule has 0 atom stereocenters. The zero-order chi connectivity index (χ0) is 13.4. The van der Waals surface area contributed by atoms with Gasteiger partial charge in [0.25, 0.3) is 5.91 Å². The van der Waals surface area contributed by atoms with Crippen molar-refractivity contribution >= 4 is 44.4 Å². The van der Waals surface area contributed by atoms with Crippen LogP contribution in [0, 0.1) is 0 Å². The van der Waals surface area contributed by atoms with Gasteiger partial charge < -0.3 is 11.1 Å². The third kappa shape index (κ3) is 2.20. The number of carbonyl (C=O) groups is 1. The number of fused-ring (bicyclic) bond motifs is 1. The van der Waals surface area contributed by atoms with Crippen LogP contribution < -0.4 is 15.8 Å². The van der Waals surface area contributed by atoms with Crippen molar-refractivity contribution in [2.45, 2.75) is 6.92 Å². The molecule has 5 nitrogen and oxygen atoms in total. The lowest BCUT2D eigenvalue weighted by Crippen LogP contribution is -2.26. The number of hydrogen-bond donors (Lipinski definition) is 3. The van der Waals surface area contributed by atoms with E-state index in [-0.39, 0.29) is 5.91 Å². The quantitative estimate of drug-likeness (QED) is 0.739. The number of thiophene rings is 1. The maximum atomic E-state index is 12.3. The van der Waals surface area contributed by atoms with Gasteiger partial charge in [-0.2, -0.15) is 0 Å². The van der Waals surface area contributed by atoms with E-state index in [2.05, 4.69) is 15.0 Å². The minimum atomic E-state index is -0.193. The van der Waals surface area contributed by atoms with Crippen LogP contribution in [0.25, 0.3) is 10.2 Å². The lowest BCUT2D eigenvalue weighted by atomic mass is 10.2. The van der Waals surface area contributed by atoms with Gasteiger partial charge in [-0.3, -0.25) is 14.5 Å². The first-order valence-corrected chi connectivity index (χ1v) is 7.34. The highest BCUT2D eigenvalue weighted by Gasteiger charge is 2.21. The van der Waals surface area contributed by atoms with Gasteiger partial charge in [0, 0.05) is 23.3 Å². The summed E-state index contributed by atoms with van der Waals surface area (Å²) in [6, 6.07) is 3.75. The molecule has 98 valence electrons. The summed E-state index contributed by atoms with van der Waals surface area (Å²) in [5.41, 5.74) is 7.97. The Bertz CT molecular complexity index is 692. The van der Waals surface area contributed by atoms with Crippen LogP contribution in [-0.4, -0.2) is 17.4 Å². The number of allylic oxidation sites excluding steroid dienone is 1. The first kappa shape index (κ1) is 12.5. The van der Waals surface area contributed by atoms with Gasteiger partial charge in [0.15, 0.2) is 0 Å². The number of nitrogen functional groups attached to an aromatic ring is 1. The molecular weight excluding hydrogens is 280 g/mol. The number of nitrogens with zero attached hydrogens (tertiary/aromatic N) is 1. The first-order valence-electron chi connectivity index (χ1n) is 5.70. The Kier molecular flexibility index (Phi) is 3.17.